The minimum atomic E-state index is -0.0703. The summed E-state index contributed by atoms with van der Waals surface area (Å²) < 4.78 is 0. The first kappa shape index (κ1) is 11.1. The van der Waals surface area contributed by atoms with E-state index in [2.05, 4.69) is 22.3 Å². The summed E-state index contributed by atoms with van der Waals surface area (Å²) in [6.07, 6.45) is 1.85. The van der Waals surface area contributed by atoms with Gasteiger partial charge in [-0.3, -0.25) is 4.79 Å². The third kappa shape index (κ3) is 2.22. The Kier molecular flexibility index (Phi) is 3.19. The molecular weight excluding hydrogens is 220 g/mol. The molecule has 0 amide bonds. The van der Waals surface area contributed by atoms with Crippen LogP contribution in [0.2, 0.25) is 0 Å². The molecule has 0 radical (unpaired) electrons. The lowest BCUT2D eigenvalue weighted by Gasteiger charge is -2.02. The fourth-order valence-electron chi connectivity index (χ4n) is 1.62. The van der Waals surface area contributed by atoms with E-state index in [0.29, 0.717) is 5.82 Å². The lowest BCUT2D eigenvalue weighted by Crippen LogP contribution is -2.10. The fourth-order valence-corrected chi connectivity index (χ4v) is 2.46. The zero-order chi connectivity index (χ0) is 11.5. The van der Waals surface area contributed by atoms with Gasteiger partial charge in [-0.05, 0) is 24.3 Å². The molecule has 0 atom stereocenters. The summed E-state index contributed by atoms with van der Waals surface area (Å²) in [5, 5.41) is 4.07. The van der Waals surface area contributed by atoms with Crippen LogP contribution in [0, 0.1) is 6.92 Å². The van der Waals surface area contributed by atoms with Crippen LogP contribution in [-0.2, 0) is 6.42 Å². The molecule has 2 aromatic heterocycles. The largest absolute Gasteiger partial charge is 0.306 e. The van der Waals surface area contributed by atoms with E-state index in [4.69, 9.17) is 0 Å². The molecule has 3 nitrogen and oxygen atoms in total. The average Bonchev–Trinajstić information content (AvgIpc) is 2.64. The molecule has 2 heterocycles. The number of hydrogen-bond donors (Lipinski definition) is 1. The van der Waals surface area contributed by atoms with Gasteiger partial charge in [0.2, 0.25) is 0 Å². The number of aromatic nitrogens is 2. The van der Waals surface area contributed by atoms with Crippen molar-refractivity contribution in [1.29, 1.82) is 0 Å². The van der Waals surface area contributed by atoms with Gasteiger partial charge in [-0.15, -0.1) is 0 Å². The summed E-state index contributed by atoms with van der Waals surface area (Å²) in [6.45, 7) is 4.11. The second-order valence-corrected chi connectivity index (χ2v) is 4.55. The van der Waals surface area contributed by atoms with E-state index in [1.54, 1.807) is 17.4 Å². The van der Waals surface area contributed by atoms with Gasteiger partial charge in [0, 0.05) is 22.7 Å². The Hall–Kier alpha value is -1.42. The first-order chi connectivity index (χ1) is 7.70. The van der Waals surface area contributed by atoms with Gasteiger partial charge in [0.15, 0.2) is 0 Å². The van der Waals surface area contributed by atoms with E-state index >= 15 is 0 Å². The van der Waals surface area contributed by atoms with Crippen LogP contribution in [0.4, 0.5) is 0 Å². The number of nitrogens with zero attached hydrogens (tertiary/aromatic N) is 1. The molecule has 0 aliphatic heterocycles. The van der Waals surface area contributed by atoms with E-state index < -0.39 is 0 Å². The minimum absolute atomic E-state index is 0.0703. The standard InChI is InChI=1S/C12H14N2OS/c1-3-4-9-5-11(15)14-12(13-9)10-7-16-6-8(10)2/h5-7H,3-4H2,1-2H3,(H,13,14,15). The summed E-state index contributed by atoms with van der Waals surface area (Å²) in [5.41, 5.74) is 2.98. The number of aromatic amines is 1. The van der Waals surface area contributed by atoms with Crippen molar-refractivity contribution in [3.63, 3.8) is 0 Å². The van der Waals surface area contributed by atoms with Crippen molar-refractivity contribution in [2.45, 2.75) is 26.7 Å². The van der Waals surface area contributed by atoms with Crippen LogP contribution >= 0.6 is 11.3 Å². The summed E-state index contributed by atoms with van der Waals surface area (Å²) in [4.78, 5) is 18.8. The maximum Gasteiger partial charge on any atom is 0.251 e. The predicted octanol–water partition coefficient (Wildman–Crippen LogP) is 2.76. The summed E-state index contributed by atoms with van der Waals surface area (Å²) in [7, 11) is 0. The Bertz CT molecular complexity index is 542. The Morgan fingerprint density at radius 2 is 2.25 bits per heavy atom. The first-order valence-corrected chi connectivity index (χ1v) is 6.28. The third-order valence-corrected chi connectivity index (χ3v) is 3.27. The fraction of sp³-hybridized carbons (Fsp3) is 0.333. The van der Waals surface area contributed by atoms with Gasteiger partial charge in [-0.2, -0.15) is 11.3 Å². The van der Waals surface area contributed by atoms with E-state index in [1.165, 1.54) is 0 Å². The van der Waals surface area contributed by atoms with Gasteiger partial charge in [0.05, 0.1) is 0 Å². The number of rotatable bonds is 3. The molecule has 0 aliphatic rings. The summed E-state index contributed by atoms with van der Waals surface area (Å²) >= 11 is 1.62. The monoisotopic (exact) mass is 234 g/mol. The molecule has 0 spiro atoms. The molecular formula is C12H14N2OS. The average molecular weight is 234 g/mol. The van der Waals surface area contributed by atoms with Gasteiger partial charge in [-0.25, -0.2) is 4.98 Å². The molecule has 0 aliphatic carbocycles. The molecule has 0 bridgehead atoms. The first-order valence-electron chi connectivity index (χ1n) is 5.34. The molecule has 0 aromatic carbocycles. The van der Waals surface area contributed by atoms with Gasteiger partial charge in [0.1, 0.15) is 5.82 Å². The zero-order valence-corrected chi connectivity index (χ0v) is 10.2. The number of thiophene rings is 1. The zero-order valence-electron chi connectivity index (χ0n) is 9.41. The molecule has 2 rings (SSSR count). The van der Waals surface area contributed by atoms with Crippen molar-refractivity contribution in [3.8, 4) is 11.4 Å². The molecule has 1 N–H and O–H groups in total. The normalized spacial score (nSPS) is 10.6. The van der Waals surface area contributed by atoms with Crippen molar-refractivity contribution >= 4 is 11.3 Å². The van der Waals surface area contributed by atoms with Crippen LogP contribution in [0.5, 0.6) is 0 Å². The quantitative estimate of drug-likeness (QED) is 0.887. The summed E-state index contributed by atoms with van der Waals surface area (Å²) in [5.74, 6) is 0.690. The lowest BCUT2D eigenvalue weighted by molar-refractivity contribution is 0.869. The van der Waals surface area contributed by atoms with Crippen molar-refractivity contribution < 1.29 is 0 Å². The molecule has 0 fully saturated rings. The van der Waals surface area contributed by atoms with E-state index in [1.807, 2.05) is 12.3 Å². The van der Waals surface area contributed by atoms with Crippen LogP contribution in [0.3, 0.4) is 0 Å². The topological polar surface area (TPSA) is 45.8 Å². The highest BCUT2D eigenvalue weighted by Crippen LogP contribution is 2.22. The maximum absolute atomic E-state index is 11.5. The van der Waals surface area contributed by atoms with Gasteiger partial charge in [0.25, 0.3) is 5.56 Å². The lowest BCUT2D eigenvalue weighted by atomic mass is 10.2. The number of aryl methyl sites for hydroxylation is 2. The van der Waals surface area contributed by atoms with Crippen LogP contribution < -0.4 is 5.56 Å². The highest BCUT2D eigenvalue weighted by atomic mass is 32.1. The Balaban J connectivity index is 2.49. The van der Waals surface area contributed by atoms with E-state index in [-0.39, 0.29) is 5.56 Å². The maximum atomic E-state index is 11.5. The van der Waals surface area contributed by atoms with Crippen LogP contribution in [0.25, 0.3) is 11.4 Å². The predicted molar refractivity (Wildman–Crippen MR) is 66.9 cm³/mol. The molecule has 16 heavy (non-hydrogen) atoms. The molecule has 0 unspecified atom stereocenters. The Labute approximate surface area is 98.2 Å². The van der Waals surface area contributed by atoms with Crippen molar-refractivity contribution in [2.75, 3.05) is 0 Å². The van der Waals surface area contributed by atoms with Gasteiger partial charge in [-0.1, -0.05) is 13.3 Å². The van der Waals surface area contributed by atoms with Gasteiger partial charge < -0.3 is 4.98 Å². The number of H-pyrrole nitrogens is 1. The van der Waals surface area contributed by atoms with E-state index in [0.717, 1.165) is 29.7 Å². The third-order valence-electron chi connectivity index (χ3n) is 2.41. The number of nitrogens with one attached hydrogen (secondary N) is 1. The Morgan fingerprint density at radius 3 is 2.88 bits per heavy atom. The van der Waals surface area contributed by atoms with Gasteiger partial charge >= 0.3 is 0 Å². The van der Waals surface area contributed by atoms with E-state index in [9.17, 15) is 4.79 Å². The molecule has 0 saturated heterocycles. The second-order valence-electron chi connectivity index (χ2n) is 3.80. The van der Waals surface area contributed by atoms with Crippen molar-refractivity contribution in [2.24, 2.45) is 0 Å². The van der Waals surface area contributed by atoms with Crippen molar-refractivity contribution in [3.05, 3.63) is 38.4 Å². The number of hydrogen-bond acceptors (Lipinski definition) is 3. The highest BCUT2D eigenvalue weighted by Gasteiger charge is 2.07. The van der Waals surface area contributed by atoms with Crippen LogP contribution in [0.1, 0.15) is 24.6 Å². The molecule has 84 valence electrons. The molecule has 0 saturated carbocycles. The molecule has 4 heteroatoms. The van der Waals surface area contributed by atoms with Crippen LogP contribution in [0.15, 0.2) is 21.6 Å². The smallest absolute Gasteiger partial charge is 0.251 e. The van der Waals surface area contributed by atoms with Crippen molar-refractivity contribution in [1.82, 2.24) is 9.97 Å². The minimum Gasteiger partial charge on any atom is -0.306 e. The second kappa shape index (κ2) is 4.61. The SMILES string of the molecule is CCCc1cc(=O)[nH]c(-c2cscc2C)n1. The highest BCUT2D eigenvalue weighted by molar-refractivity contribution is 7.08. The Morgan fingerprint density at radius 1 is 1.44 bits per heavy atom. The van der Waals surface area contributed by atoms with Crippen LogP contribution in [-0.4, -0.2) is 9.97 Å². The molecule has 2 aromatic rings. The summed E-state index contributed by atoms with van der Waals surface area (Å²) in [6, 6.07) is 1.58.